The Balaban J connectivity index is 2.34. The minimum absolute atomic E-state index is 0.00687. The Morgan fingerprint density at radius 1 is 1.17 bits per heavy atom. The average molecular weight is 260 g/mol. The maximum Gasteiger partial charge on any atom is 0.348 e. The molecule has 0 unspecified atom stereocenters. The zero-order valence-electron chi connectivity index (χ0n) is 8.87. The molecule has 0 radical (unpaired) electrons. The van der Waals surface area contributed by atoms with E-state index in [1.807, 2.05) is 5.10 Å². The first-order chi connectivity index (χ1) is 8.41. The van der Waals surface area contributed by atoms with Crippen molar-refractivity contribution in [2.24, 2.45) is 0 Å². The molecule has 1 heterocycles. The van der Waals surface area contributed by atoms with Gasteiger partial charge in [-0.1, -0.05) is 0 Å². The van der Waals surface area contributed by atoms with Crippen molar-refractivity contribution in [3.05, 3.63) is 36.0 Å². The van der Waals surface area contributed by atoms with E-state index in [-0.39, 0.29) is 11.4 Å². The first-order valence-electron chi connectivity index (χ1n) is 4.92. The fourth-order valence-electron chi connectivity index (χ4n) is 1.39. The highest BCUT2D eigenvalue weighted by molar-refractivity contribution is 5.60. The molecule has 3 nitrogen and oxygen atoms in total. The molecule has 96 valence electrons. The summed E-state index contributed by atoms with van der Waals surface area (Å²) in [6, 6.07) is 6.42. The lowest BCUT2D eigenvalue weighted by molar-refractivity contribution is -0.137. The third-order valence-electron chi connectivity index (χ3n) is 2.37. The van der Waals surface area contributed by atoms with Crippen molar-refractivity contribution in [2.75, 3.05) is 0 Å². The monoisotopic (exact) mass is 260 g/mol. The van der Waals surface area contributed by atoms with Gasteiger partial charge in [0.15, 0.2) is 0 Å². The van der Waals surface area contributed by atoms with Gasteiger partial charge >= 0.3 is 12.3 Å². The summed E-state index contributed by atoms with van der Waals surface area (Å²) in [5.74, 6) is -4.25. The predicted octanol–water partition coefficient (Wildman–Crippen LogP) is 3.14. The van der Waals surface area contributed by atoms with E-state index in [2.05, 4.69) is 5.10 Å². The summed E-state index contributed by atoms with van der Waals surface area (Å²) in [6.07, 6.45) is -3.80. The molecule has 0 amide bonds. The normalized spacial score (nSPS) is 12.1. The maximum atomic E-state index is 13.0. The molecule has 0 spiro atoms. The summed E-state index contributed by atoms with van der Waals surface area (Å²) < 4.78 is 50.3. The molecular weight excluding hydrogens is 252 g/mol. The maximum absolute atomic E-state index is 13.0. The Kier molecular flexibility index (Phi) is 2.98. The van der Waals surface area contributed by atoms with Crippen LogP contribution in [0.15, 0.2) is 30.3 Å². The van der Waals surface area contributed by atoms with E-state index in [1.165, 1.54) is 24.3 Å². The first kappa shape index (κ1) is 12.4. The second kappa shape index (κ2) is 4.32. The van der Waals surface area contributed by atoms with Gasteiger partial charge in [-0.2, -0.15) is 13.9 Å². The Hall–Kier alpha value is -2.05. The van der Waals surface area contributed by atoms with Crippen LogP contribution in [0.3, 0.4) is 0 Å². The number of H-pyrrole nitrogens is 1. The summed E-state index contributed by atoms with van der Waals surface area (Å²) in [7, 11) is 0. The van der Waals surface area contributed by atoms with Gasteiger partial charge in [-0.25, -0.2) is 8.78 Å². The number of nitrogens with zero attached hydrogens (tertiary/aromatic N) is 1. The van der Waals surface area contributed by atoms with Gasteiger partial charge < -0.3 is 5.11 Å². The number of rotatable bonds is 3. The van der Waals surface area contributed by atoms with E-state index < -0.39 is 18.0 Å². The lowest BCUT2D eigenvalue weighted by Crippen LogP contribution is -2.23. The molecule has 0 aliphatic carbocycles. The SMILES string of the molecule is Oc1ccc(-c2cc(C(F)(F)C(F)F)[nH]n2)cc1. The first-order valence-corrected chi connectivity index (χ1v) is 4.92. The fourth-order valence-corrected chi connectivity index (χ4v) is 1.39. The molecule has 1 aromatic carbocycles. The number of aromatic amines is 1. The van der Waals surface area contributed by atoms with Crippen LogP contribution in [0, 0.1) is 0 Å². The number of phenols is 1. The zero-order chi connectivity index (χ0) is 13.3. The second-order valence-corrected chi connectivity index (χ2v) is 3.64. The van der Waals surface area contributed by atoms with E-state index in [1.54, 1.807) is 0 Å². The predicted molar refractivity (Wildman–Crippen MR) is 55.6 cm³/mol. The summed E-state index contributed by atoms with van der Waals surface area (Å²) in [6.45, 7) is 0. The number of benzene rings is 1. The third kappa shape index (κ3) is 2.15. The fraction of sp³-hybridized carbons (Fsp3) is 0.182. The Labute approximate surface area is 99.1 Å². The van der Waals surface area contributed by atoms with Crippen LogP contribution >= 0.6 is 0 Å². The average Bonchev–Trinajstić information content (AvgIpc) is 2.79. The second-order valence-electron chi connectivity index (χ2n) is 3.64. The van der Waals surface area contributed by atoms with Crippen LogP contribution < -0.4 is 0 Å². The van der Waals surface area contributed by atoms with E-state index >= 15 is 0 Å². The standard InChI is InChI=1S/C11H8F4N2O/c12-10(13)11(14,15)9-5-8(16-17-9)6-1-3-7(18)4-2-6/h1-5,10,18H,(H,16,17). The van der Waals surface area contributed by atoms with Gasteiger partial charge in [0.25, 0.3) is 0 Å². The molecule has 2 rings (SSSR count). The summed E-state index contributed by atoms with van der Waals surface area (Å²) in [4.78, 5) is 0. The number of phenolic OH excluding ortho intramolecular Hbond substituents is 1. The smallest absolute Gasteiger partial charge is 0.348 e. The lowest BCUT2D eigenvalue weighted by atomic mass is 10.1. The van der Waals surface area contributed by atoms with E-state index in [9.17, 15) is 17.6 Å². The number of hydrogen-bond acceptors (Lipinski definition) is 2. The van der Waals surface area contributed by atoms with Gasteiger partial charge in [0, 0.05) is 5.56 Å². The third-order valence-corrected chi connectivity index (χ3v) is 2.37. The van der Waals surface area contributed by atoms with E-state index in [0.29, 0.717) is 5.56 Å². The van der Waals surface area contributed by atoms with Crippen molar-refractivity contribution in [2.45, 2.75) is 12.3 Å². The Morgan fingerprint density at radius 3 is 2.33 bits per heavy atom. The van der Waals surface area contributed by atoms with E-state index in [0.717, 1.165) is 6.07 Å². The highest BCUT2D eigenvalue weighted by Crippen LogP contribution is 2.34. The minimum atomic E-state index is -4.26. The molecule has 0 saturated carbocycles. The highest BCUT2D eigenvalue weighted by Gasteiger charge is 2.44. The number of halogens is 4. The zero-order valence-corrected chi connectivity index (χ0v) is 8.87. The van der Waals surface area contributed by atoms with Crippen molar-refractivity contribution < 1.29 is 22.7 Å². The van der Waals surface area contributed by atoms with Crippen LogP contribution in [-0.4, -0.2) is 21.7 Å². The molecule has 2 aromatic rings. The topological polar surface area (TPSA) is 48.9 Å². The molecule has 0 atom stereocenters. The van der Waals surface area contributed by atoms with Crippen LogP contribution in [-0.2, 0) is 5.92 Å². The molecule has 2 N–H and O–H groups in total. The van der Waals surface area contributed by atoms with Crippen molar-refractivity contribution in [1.82, 2.24) is 10.2 Å². The lowest BCUT2D eigenvalue weighted by Gasteiger charge is -2.11. The molecule has 0 aliphatic heterocycles. The minimum Gasteiger partial charge on any atom is -0.508 e. The van der Waals surface area contributed by atoms with Crippen molar-refractivity contribution in [1.29, 1.82) is 0 Å². The molecular formula is C11H8F4N2O. The van der Waals surface area contributed by atoms with Gasteiger partial charge in [0.2, 0.25) is 0 Å². The Morgan fingerprint density at radius 2 is 1.78 bits per heavy atom. The van der Waals surface area contributed by atoms with Crippen LogP contribution in [0.25, 0.3) is 11.3 Å². The Bertz CT molecular complexity index is 536. The number of nitrogens with one attached hydrogen (secondary N) is 1. The molecule has 18 heavy (non-hydrogen) atoms. The number of hydrogen-bond donors (Lipinski definition) is 2. The van der Waals surface area contributed by atoms with Gasteiger partial charge in [0.1, 0.15) is 11.4 Å². The molecule has 0 saturated heterocycles. The quantitative estimate of drug-likeness (QED) is 0.833. The number of alkyl halides is 4. The van der Waals surface area contributed by atoms with Crippen LogP contribution in [0.2, 0.25) is 0 Å². The largest absolute Gasteiger partial charge is 0.508 e. The van der Waals surface area contributed by atoms with E-state index in [4.69, 9.17) is 5.11 Å². The molecule has 0 aliphatic rings. The summed E-state index contributed by atoms with van der Waals surface area (Å²) in [5.41, 5.74) is -0.411. The molecule has 7 heteroatoms. The van der Waals surface area contributed by atoms with Crippen molar-refractivity contribution in [3.8, 4) is 17.0 Å². The van der Waals surface area contributed by atoms with Crippen LogP contribution in [0.4, 0.5) is 17.6 Å². The highest BCUT2D eigenvalue weighted by atomic mass is 19.3. The molecule has 1 aromatic heterocycles. The summed E-state index contributed by atoms with van der Waals surface area (Å²) in [5, 5.41) is 14.5. The number of aromatic hydroxyl groups is 1. The van der Waals surface area contributed by atoms with Gasteiger partial charge in [0.05, 0.1) is 5.69 Å². The summed E-state index contributed by atoms with van der Waals surface area (Å²) >= 11 is 0. The number of aromatic nitrogens is 2. The van der Waals surface area contributed by atoms with Crippen molar-refractivity contribution in [3.63, 3.8) is 0 Å². The van der Waals surface area contributed by atoms with Crippen LogP contribution in [0.5, 0.6) is 5.75 Å². The van der Waals surface area contributed by atoms with Gasteiger partial charge in [-0.15, -0.1) is 0 Å². The van der Waals surface area contributed by atoms with Gasteiger partial charge in [-0.05, 0) is 30.3 Å². The van der Waals surface area contributed by atoms with Gasteiger partial charge in [-0.3, -0.25) is 5.10 Å². The van der Waals surface area contributed by atoms with Crippen LogP contribution in [0.1, 0.15) is 5.69 Å². The van der Waals surface area contributed by atoms with Crippen molar-refractivity contribution >= 4 is 0 Å². The molecule has 0 bridgehead atoms. The molecule has 0 fully saturated rings.